The third-order valence-corrected chi connectivity index (χ3v) is 5.42. The van der Waals surface area contributed by atoms with Crippen molar-refractivity contribution in [3.63, 3.8) is 0 Å². The molecule has 0 amide bonds. The number of anilines is 2. The van der Waals surface area contributed by atoms with Crippen molar-refractivity contribution < 1.29 is 8.42 Å². The zero-order chi connectivity index (χ0) is 21.2. The van der Waals surface area contributed by atoms with Crippen molar-refractivity contribution >= 4 is 32.1 Å². The Balaban J connectivity index is 1.93. The molecule has 0 aliphatic heterocycles. The second kappa shape index (κ2) is 7.72. The molecule has 0 fully saturated rings. The van der Waals surface area contributed by atoms with Crippen LogP contribution in [-0.4, -0.2) is 25.2 Å². The molecule has 0 spiro atoms. The predicted octanol–water partition coefficient (Wildman–Crippen LogP) is 4.33. The van der Waals surface area contributed by atoms with E-state index in [4.69, 9.17) is 0 Å². The maximum Gasteiger partial charge on any atom is 0.175 e. The number of nitriles is 1. The topological polar surface area (TPSA) is 94.9 Å². The van der Waals surface area contributed by atoms with Crippen LogP contribution in [0.4, 0.5) is 11.4 Å². The van der Waals surface area contributed by atoms with Gasteiger partial charge >= 0.3 is 0 Å². The Morgan fingerprint density at radius 3 is 2.55 bits per heavy atom. The standard InChI is InChI=1S/C22H24N4O2S/c1-22(2,3)26-21-16(12-23)14-25-20-9-8-17(11-19(20)21)24-13-15-6-5-7-18(10-15)29(4,27)28/h5-11,14,24H,13H2,1-4H3,(H,25,26). The van der Waals surface area contributed by atoms with Crippen LogP contribution in [0.3, 0.4) is 0 Å². The van der Waals surface area contributed by atoms with Crippen LogP contribution < -0.4 is 10.6 Å². The van der Waals surface area contributed by atoms with E-state index in [0.717, 1.165) is 27.8 Å². The van der Waals surface area contributed by atoms with Gasteiger partial charge in [-0.2, -0.15) is 5.26 Å². The third-order valence-electron chi connectivity index (χ3n) is 4.31. The van der Waals surface area contributed by atoms with Crippen molar-refractivity contribution in [3.8, 4) is 6.07 Å². The first-order valence-electron chi connectivity index (χ1n) is 9.21. The van der Waals surface area contributed by atoms with Crippen LogP contribution in [0.5, 0.6) is 0 Å². The quantitative estimate of drug-likeness (QED) is 0.652. The van der Waals surface area contributed by atoms with Crippen LogP contribution in [0.2, 0.25) is 0 Å². The molecule has 3 rings (SSSR count). The Kier molecular flexibility index (Phi) is 5.49. The van der Waals surface area contributed by atoms with Gasteiger partial charge in [0, 0.05) is 35.6 Å². The summed E-state index contributed by atoms with van der Waals surface area (Å²) in [6.07, 6.45) is 2.78. The van der Waals surface area contributed by atoms with E-state index in [0.29, 0.717) is 17.0 Å². The molecule has 0 saturated heterocycles. The lowest BCUT2D eigenvalue weighted by Gasteiger charge is -2.24. The van der Waals surface area contributed by atoms with E-state index in [9.17, 15) is 13.7 Å². The fraction of sp³-hybridized carbons (Fsp3) is 0.273. The maximum atomic E-state index is 11.8. The van der Waals surface area contributed by atoms with Crippen molar-refractivity contribution in [3.05, 3.63) is 59.8 Å². The lowest BCUT2D eigenvalue weighted by molar-refractivity contribution is 0.601. The van der Waals surface area contributed by atoms with Gasteiger partial charge in [0.1, 0.15) is 6.07 Å². The minimum Gasteiger partial charge on any atom is -0.381 e. The Hall–Kier alpha value is -3.11. The third kappa shape index (κ3) is 5.04. The largest absolute Gasteiger partial charge is 0.381 e. The summed E-state index contributed by atoms with van der Waals surface area (Å²) >= 11 is 0. The summed E-state index contributed by atoms with van der Waals surface area (Å²) in [5.74, 6) is 0. The molecule has 0 saturated carbocycles. The van der Waals surface area contributed by atoms with Crippen molar-refractivity contribution in [2.24, 2.45) is 0 Å². The number of sulfone groups is 1. The molecule has 2 aromatic carbocycles. The molecule has 0 bridgehead atoms. The Bertz CT molecular complexity index is 1210. The van der Waals surface area contributed by atoms with Gasteiger partial charge in [0.05, 0.1) is 21.7 Å². The second-order valence-electron chi connectivity index (χ2n) is 8.04. The van der Waals surface area contributed by atoms with E-state index in [1.54, 1.807) is 24.4 Å². The van der Waals surface area contributed by atoms with Crippen LogP contribution in [0.15, 0.2) is 53.6 Å². The molecule has 0 unspecified atom stereocenters. The van der Waals surface area contributed by atoms with Gasteiger partial charge in [-0.1, -0.05) is 12.1 Å². The number of nitrogens with zero attached hydrogens (tertiary/aromatic N) is 2. The molecular weight excluding hydrogens is 384 g/mol. The molecule has 7 heteroatoms. The highest BCUT2D eigenvalue weighted by Crippen LogP contribution is 2.30. The minimum absolute atomic E-state index is 0.213. The monoisotopic (exact) mass is 408 g/mol. The van der Waals surface area contributed by atoms with Gasteiger partial charge in [0.15, 0.2) is 9.84 Å². The molecule has 1 heterocycles. The summed E-state index contributed by atoms with van der Waals surface area (Å²) in [4.78, 5) is 4.68. The van der Waals surface area contributed by atoms with E-state index in [2.05, 4.69) is 21.7 Å². The molecule has 2 N–H and O–H groups in total. The van der Waals surface area contributed by atoms with Crippen LogP contribution >= 0.6 is 0 Å². The molecule has 0 atom stereocenters. The predicted molar refractivity (Wildman–Crippen MR) is 117 cm³/mol. The normalized spacial score (nSPS) is 11.8. The fourth-order valence-electron chi connectivity index (χ4n) is 2.99. The summed E-state index contributed by atoms with van der Waals surface area (Å²) in [5.41, 5.74) is 3.55. The lowest BCUT2D eigenvalue weighted by atomic mass is 10.0. The van der Waals surface area contributed by atoms with Crippen LogP contribution in [0.1, 0.15) is 31.9 Å². The first kappa shape index (κ1) is 20.6. The molecule has 150 valence electrons. The van der Waals surface area contributed by atoms with Gasteiger partial charge in [0.25, 0.3) is 0 Å². The van der Waals surface area contributed by atoms with Crippen molar-refractivity contribution in [2.75, 3.05) is 16.9 Å². The van der Waals surface area contributed by atoms with Crippen LogP contribution in [0, 0.1) is 11.3 Å². The number of fused-ring (bicyclic) bond motifs is 1. The molecule has 29 heavy (non-hydrogen) atoms. The van der Waals surface area contributed by atoms with Crippen molar-refractivity contribution in [2.45, 2.75) is 37.8 Å². The zero-order valence-electron chi connectivity index (χ0n) is 16.9. The summed E-state index contributed by atoms with van der Waals surface area (Å²) < 4.78 is 23.5. The number of rotatable bonds is 5. The summed E-state index contributed by atoms with van der Waals surface area (Å²) in [7, 11) is -3.24. The number of aromatic nitrogens is 1. The maximum absolute atomic E-state index is 11.8. The zero-order valence-corrected chi connectivity index (χ0v) is 17.8. The molecule has 3 aromatic rings. The highest BCUT2D eigenvalue weighted by atomic mass is 32.2. The molecule has 6 nitrogen and oxygen atoms in total. The van der Waals surface area contributed by atoms with Gasteiger partial charge in [-0.05, 0) is 56.7 Å². The van der Waals surface area contributed by atoms with Gasteiger partial charge in [-0.25, -0.2) is 8.42 Å². The van der Waals surface area contributed by atoms with E-state index in [1.165, 1.54) is 6.26 Å². The van der Waals surface area contributed by atoms with Gasteiger partial charge in [-0.3, -0.25) is 4.98 Å². The van der Waals surface area contributed by atoms with Crippen molar-refractivity contribution in [1.82, 2.24) is 4.98 Å². The minimum atomic E-state index is -3.24. The van der Waals surface area contributed by atoms with E-state index >= 15 is 0 Å². The SMILES string of the molecule is CC(C)(C)Nc1c(C#N)cnc2ccc(NCc3cccc(S(C)(=O)=O)c3)cc12. The Labute approximate surface area is 171 Å². The number of hydrogen-bond acceptors (Lipinski definition) is 6. The second-order valence-corrected chi connectivity index (χ2v) is 10.1. The highest BCUT2D eigenvalue weighted by molar-refractivity contribution is 7.90. The average Bonchev–Trinajstić information content (AvgIpc) is 2.65. The van der Waals surface area contributed by atoms with Gasteiger partial charge in [0.2, 0.25) is 0 Å². The van der Waals surface area contributed by atoms with Crippen LogP contribution in [0.25, 0.3) is 10.9 Å². The van der Waals surface area contributed by atoms with Crippen molar-refractivity contribution in [1.29, 1.82) is 5.26 Å². The summed E-state index contributed by atoms with van der Waals surface area (Å²) in [6, 6.07) is 14.9. The molecule has 0 aliphatic rings. The summed E-state index contributed by atoms with van der Waals surface area (Å²) in [6.45, 7) is 6.59. The smallest absolute Gasteiger partial charge is 0.175 e. The van der Waals surface area contributed by atoms with E-state index in [1.807, 2.05) is 45.0 Å². The van der Waals surface area contributed by atoms with Gasteiger partial charge < -0.3 is 10.6 Å². The van der Waals surface area contributed by atoms with Gasteiger partial charge in [-0.15, -0.1) is 0 Å². The Morgan fingerprint density at radius 1 is 1.14 bits per heavy atom. The molecule has 0 radical (unpaired) electrons. The highest BCUT2D eigenvalue weighted by Gasteiger charge is 2.16. The lowest BCUT2D eigenvalue weighted by Crippen LogP contribution is -2.26. The number of hydrogen-bond donors (Lipinski definition) is 2. The molecular formula is C22H24N4O2S. The average molecular weight is 409 g/mol. The fourth-order valence-corrected chi connectivity index (χ4v) is 3.68. The van der Waals surface area contributed by atoms with Crippen LogP contribution in [-0.2, 0) is 16.4 Å². The van der Waals surface area contributed by atoms with E-state index < -0.39 is 9.84 Å². The van der Waals surface area contributed by atoms with E-state index in [-0.39, 0.29) is 5.54 Å². The number of benzene rings is 2. The first-order valence-corrected chi connectivity index (χ1v) is 11.1. The summed E-state index contributed by atoms with van der Waals surface area (Å²) in [5, 5.41) is 17.1. The molecule has 1 aromatic heterocycles. The number of pyridine rings is 1. The Morgan fingerprint density at radius 2 is 1.90 bits per heavy atom. The first-order chi connectivity index (χ1) is 13.6. The molecule has 0 aliphatic carbocycles. The number of nitrogens with one attached hydrogen (secondary N) is 2.